The number of rotatable bonds is 8. The highest BCUT2D eigenvalue weighted by Crippen LogP contribution is 2.48. The van der Waals surface area contributed by atoms with Crippen LogP contribution in [0.3, 0.4) is 0 Å². The maximum Gasteiger partial charge on any atom is 0.126 e. The standard InChI is InChI=1S/C25H40O2/c1-7-8-9-10-14-25(5,6)20-16-21(26)23(24(27)22(20)17(2)3)19-13-11-12-18(4)15-19/h15-17,19,26-27H,7-14H2,1-6H3. The molecule has 2 heteroatoms. The molecule has 27 heavy (non-hydrogen) atoms. The second-order valence-corrected chi connectivity index (χ2v) is 9.48. The number of allylic oxidation sites excluding steroid dienone is 2. The van der Waals surface area contributed by atoms with Crippen LogP contribution in [-0.4, -0.2) is 10.2 Å². The molecule has 1 unspecified atom stereocenters. The summed E-state index contributed by atoms with van der Waals surface area (Å²) in [6.45, 7) is 13.2. The average Bonchev–Trinajstić information content (AvgIpc) is 2.58. The van der Waals surface area contributed by atoms with Crippen LogP contribution < -0.4 is 0 Å². The maximum absolute atomic E-state index is 11.2. The van der Waals surface area contributed by atoms with E-state index in [9.17, 15) is 10.2 Å². The first kappa shape index (κ1) is 21.9. The summed E-state index contributed by atoms with van der Waals surface area (Å²) in [5.74, 6) is 0.947. The van der Waals surface area contributed by atoms with Crippen LogP contribution in [0, 0.1) is 0 Å². The topological polar surface area (TPSA) is 40.5 Å². The molecule has 2 N–H and O–H groups in total. The molecular weight excluding hydrogens is 332 g/mol. The van der Waals surface area contributed by atoms with E-state index in [2.05, 4.69) is 47.6 Å². The van der Waals surface area contributed by atoms with Crippen molar-refractivity contribution in [1.29, 1.82) is 0 Å². The van der Waals surface area contributed by atoms with Gasteiger partial charge in [0.05, 0.1) is 0 Å². The Hall–Kier alpha value is -1.44. The van der Waals surface area contributed by atoms with Crippen molar-refractivity contribution in [2.75, 3.05) is 0 Å². The quantitative estimate of drug-likeness (QED) is 0.363. The van der Waals surface area contributed by atoms with Gasteiger partial charge in [-0.05, 0) is 55.6 Å². The SMILES string of the molecule is CCCCCCC(C)(C)c1cc(O)c(C2C=C(C)CCC2)c(O)c1C(C)C. The lowest BCUT2D eigenvalue weighted by molar-refractivity contribution is 0.402. The van der Waals surface area contributed by atoms with Crippen LogP contribution in [0.1, 0.15) is 121 Å². The van der Waals surface area contributed by atoms with Crippen molar-refractivity contribution >= 4 is 0 Å². The first-order chi connectivity index (χ1) is 12.7. The monoisotopic (exact) mass is 372 g/mol. The highest BCUT2D eigenvalue weighted by Gasteiger charge is 2.31. The minimum absolute atomic E-state index is 0.0564. The summed E-state index contributed by atoms with van der Waals surface area (Å²) in [4.78, 5) is 0. The molecule has 2 nitrogen and oxygen atoms in total. The third-order valence-corrected chi connectivity index (χ3v) is 6.26. The predicted octanol–water partition coefficient (Wildman–Crippen LogP) is 7.68. The fraction of sp³-hybridized carbons (Fsp3) is 0.680. The summed E-state index contributed by atoms with van der Waals surface area (Å²) in [6.07, 6.45) is 11.5. The normalized spacial score (nSPS) is 18.0. The molecule has 0 aliphatic heterocycles. The van der Waals surface area contributed by atoms with Crippen LogP contribution in [0.25, 0.3) is 0 Å². The third kappa shape index (κ3) is 5.09. The molecule has 1 aliphatic carbocycles. The average molecular weight is 373 g/mol. The van der Waals surface area contributed by atoms with Crippen molar-refractivity contribution in [2.45, 2.75) is 110 Å². The summed E-state index contributed by atoms with van der Waals surface area (Å²) in [5, 5.41) is 22.1. The van der Waals surface area contributed by atoms with Crippen molar-refractivity contribution in [3.8, 4) is 11.5 Å². The van der Waals surface area contributed by atoms with Crippen LogP contribution in [0.4, 0.5) is 0 Å². The van der Waals surface area contributed by atoms with E-state index in [0.717, 1.165) is 42.4 Å². The first-order valence-corrected chi connectivity index (χ1v) is 11.0. The minimum Gasteiger partial charge on any atom is -0.507 e. The number of hydrogen-bond donors (Lipinski definition) is 2. The number of phenols is 2. The number of unbranched alkanes of at least 4 members (excludes halogenated alkanes) is 3. The van der Waals surface area contributed by atoms with Gasteiger partial charge in [-0.1, -0.05) is 72.0 Å². The van der Waals surface area contributed by atoms with Gasteiger partial charge >= 0.3 is 0 Å². The second kappa shape index (κ2) is 9.17. The first-order valence-electron chi connectivity index (χ1n) is 11.0. The van der Waals surface area contributed by atoms with Crippen LogP contribution in [0.15, 0.2) is 17.7 Å². The van der Waals surface area contributed by atoms with Gasteiger partial charge in [0.1, 0.15) is 11.5 Å². The summed E-state index contributed by atoms with van der Waals surface area (Å²) in [6, 6.07) is 1.96. The van der Waals surface area contributed by atoms with E-state index in [0.29, 0.717) is 5.75 Å². The van der Waals surface area contributed by atoms with E-state index in [-0.39, 0.29) is 23.0 Å². The van der Waals surface area contributed by atoms with Gasteiger partial charge in [0.15, 0.2) is 0 Å². The van der Waals surface area contributed by atoms with Crippen molar-refractivity contribution in [3.63, 3.8) is 0 Å². The van der Waals surface area contributed by atoms with Gasteiger partial charge in [0.25, 0.3) is 0 Å². The molecule has 1 aliphatic rings. The number of benzene rings is 1. The smallest absolute Gasteiger partial charge is 0.126 e. The summed E-state index contributed by atoms with van der Waals surface area (Å²) < 4.78 is 0. The van der Waals surface area contributed by atoms with E-state index in [1.54, 1.807) is 0 Å². The van der Waals surface area contributed by atoms with Crippen LogP contribution in [0.5, 0.6) is 11.5 Å². The molecular formula is C25H40O2. The molecule has 0 fully saturated rings. The Morgan fingerprint density at radius 1 is 1.15 bits per heavy atom. The molecule has 1 aromatic carbocycles. The van der Waals surface area contributed by atoms with Gasteiger partial charge in [-0.15, -0.1) is 0 Å². The highest BCUT2D eigenvalue weighted by atomic mass is 16.3. The lowest BCUT2D eigenvalue weighted by Gasteiger charge is -2.32. The van der Waals surface area contributed by atoms with Gasteiger partial charge in [0, 0.05) is 17.0 Å². The zero-order chi connectivity index (χ0) is 20.2. The molecule has 0 bridgehead atoms. The molecule has 1 aromatic rings. The Bertz CT molecular complexity index is 667. The Morgan fingerprint density at radius 2 is 1.85 bits per heavy atom. The third-order valence-electron chi connectivity index (χ3n) is 6.26. The number of phenolic OH excluding ortho intramolecular Hbond substituents is 2. The van der Waals surface area contributed by atoms with Crippen molar-refractivity contribution in [2.24, 2.45) is 0 Å². The van der Waals surface area contributed by atoms with E-state index in [1.165, 1.54) is 31.3 Å². The van der Waals surface area contributed by atoms with Crippen molar-refractivity contribution in [1.82, 2.24) is 0 Å². The number of aromatic hydroxyl groups is 2. The molecule has 0 saturated carbocycles. The molecule has 152 valence electrons. The fourth-order valence-corrected chi connectivity index (χ4v) is 4.66. The zero-order valence-corrected chi connectivity index (χ0v) is 18.4. The Balaban J connectivity index is 2.46. The Labute approximate surface area is 166 Å². The maximum atomic E-state index is 11.2. The molecule has 0 spiro atoms. The largest absolute Gasteiger partial charge is 0.507 e. The molecule has 0 heterocycles. The summed E-state index contributed by atoms with van der Waals surface area (Å²) >= 11 is 0. The highest BCUT2D eigenvalue weighted by molar-refractivity contribution is 5.58. The van der Waals surface area contributed by atoms with E-state index in [4.69, 9.17) is 0 Å². The van der Waals surface area contributed by atoms with Gasteiger partial charge in [-0.25, -0.2) is 0 Å². The van der Waals surface area contributed by atoms with Crippen LogP contribution >= 0.6 is 0 Å². The van der Waals surface area contributed by atoms with Gasteiger partial charge in [-0.2, -0.15) is 0 Å². The molecule has 0 aromatic heterocycles. The number of hydrogen-bond acceptors (Lipinski definition) is 2. The minimum atomic E-state index is -0.0564. The van der Waals surface area contributed by atoms with Crippen LogP contribution in [0.2, 0.25) is 0 Å². The Kier molecular flexibility index (Phi) is 7.42. The van der Waals surface area contributed by atoms with Gasteiger partial charge < -0.3 is 10.2 Å². The fourth-order valence-electron chi connectivity index (χ4n) is 4.66. The molecule has 0 saturated heterocycles. The van der Waals surface area contributed by atoms with E-state index < -0.39 is 0 Å². The summed E-state index contributed by atoms with van der Waals surface area (Å²) in [5.41, 5.74) is 4.18. The second-order valence-electron chi connectivity index (χ2n) is 9.48. The van der Waals surface area contributed by atoms with Gasteiger partial charge in [0.2, 0.25) is 0 Å². The van der Waals surface area contributed by atoms with E-state index in [1.807, 2.05) is 6.07 Å². The van der Waals surface area contributed by atoms with E-state index >= 15 is 0 Å². The molecule has 1 atom stereocenters. The van der Waals surface area contributed by atoms with Crippen molar-refractivity contribution in [3.05, 3.63) is 34.4 Å². The lowest BCUT2D eigenvalue weighted by Crippen LogP contribution is -2.21. The molecule has 2 rings (SSSR count). The predicted molar refractivity (Wildman–Crippen MR) is 116 cm³/mol. The summed E-state index contributed by atoms with van der Waals surface area (Å²) in [7, 11) is 0. The lowest BCUT2D eigenvalue weighted by atomic mass is 9.73. The molecule has 0 amide bonds. The van der Waals surface area contributed by atoms with Crippen LogP contribution in [-0.2, 0) is 5.41 Å². The zero-order valence-electron chi connectivity index (χ0n) is 18.4. The van der Waals surface area contributed by atoms with Crippen molar-refractivity contribution < 1.29 is 10.2 Å². The molecule has 0 radical (unpaired) electrons. The Morgan fingerprint density at radius 3 is 2.44 bits per heavy atom. The van der Waals surface area contributed by atoms with Gasteiger partial charge in [-0.3, -0.25) is 0 Å².